The lowest BCUT2D eigenvalue weighted by Gasteiger charge is -2.08. The Kier molecular flexibility index (Phi) is 2.89. The number of nitrogens with one attached hydrogen (secondary N) is 1. The second kappa shape index (κ2) is 4.21. The summed E-state index contributed by atoms with van der Waals surface area (Å²) in [5.74, 6) is 0. The van der Waals surface area contributed by atoms with Crippen molar-refractivity contribution < 1.29 is 8.42 Å². The monoisotopic (exact) mass is 251 g/mol. The molecule has 6 heteroatoms. The van der Waals surface area contributed by atoms with E-state index >= 15 is 0 Å². The number of hydrogen-bond donors (Lipinski definition) is 1. The van der Waals surface area contributed by atoms with Crippen LogP contribution in [0, 0.1) is 6.92 Å². The Balaban J connectivity index is 2.33. The molecule has 0 saturated heterocycles. The minimum atomic E-state index is -3.60. The zero-order valence-electron chi connectivity index (χ0n) is 9.58. The molecule has 5 nitrogen and oxygen atoms in total. The highest BCUT2D eigenvalue weighted by Crippen LogP contribution is 2.17. The number of anilines is 1. The van der Waals surface area contributed by atoms with E-state index in [4.69, 9.17) is 0 Å². The first kappa shape index (κ1) is 11.7. The van der Waals surface area contributed by atoms with Crippen LogP contribution in [0.15, 0.2) is 41.8 Å². The van der Waals surface area contributed by atoms with Crippen LogP contribution in [0.25, 0.3) is 0 Å². The van der Waals surface area contributed by atoms with Crippen LogP contribution in [0.5, 0.6) is 0 Å². The highest BCUT2D eigenvalue weighted by molar-refractivity contribution is 7.92. The largest absolute Gasteiger partial charge is 0.339 e. The molecule has 0 saturated carbocycles. The molecule has 17 heavy (non-hydrogen) atoms. The molecule has 0 amide bonds. The van der Waals surface area contributed by atoms with Gasteiger partial charge in [-0.05, 0) is 18.6 Å². The van der Waals surface area contributed by atoms with Crippen molar-refractivity contribution in [3.8, 4) is 0 Å². The van der Waals surface area contributed by atoms with Crippen LogP contribution in [0.1, 0.15) is 5.56 Å². The number of aromatic nitrogens is 2. The van der Waals surface area contributed by atoms with Gasteiger partial charge in [0.1, 0.15) is 0 Å². The third-order valence-corrected chi connectivity index (χ3v) is 3.60. The first-order valence-corrected chi connectivity index (χ1v) is 6.54. The molecule has 0 spiro atoms. The molecule has 0 aliphatic rings. The van der Waals surface area contributed by atoms with E-state index in [9.17, 15) is 8.42 Å². The Morgan fingerprint density at radius 3 is 2.59 bits per heavy atom. The lowest BCUT2D eigenvalue weighted by Crippen LogP contribution is -2.14. The van der Waals surface area contributed by atoms with E-state index in [1.165, 1.54) is 12.5 Å². The number of nitrogens with zero attached hydrogens (tertiary/aromatic N) is 2. The number of para-hydroxylation sites is 1. The highest BCUT2D eigenvalue weighted by Gasteiger charge is 2.17. The van der Waals surface area contributed by atoms with Crippen molar-refractivity contribution in [3.63, 3.8) is 0 Å². The van der Waals surface area contributed by atoms with E-state index in [-0.39, 0.29) is 5.03 Å². The van der Waals surface area contributed by atoms with E-state index in [0.29, 0.717) is 5.69 Å². The molecule has 0 aliphatic carbocycles. The molecule has 90 valence electrons. The fourth-order valence-corrected chi connectivity index (χ4v) is 2.53. The Labute approximate surface area is 100 Å². The van der Waals surface area contributed by atoms with Gasteiger partial charge in [-0.1, -0.05) is 18.2 Å². The van der Waals surface area contributed by atoms with Gasteiger partial charge < -0.3 is 4.57 Å². The quantitative estimate of drug-likeness (QED) is 0.899. The predicted octanol–water partition coefficient (Wildman–Crippen LogP) is 1.53. The Morgan fingerprint density at radius 1 is 1.29 bits per heavy atom. The number of aryl methyl sites for hydroxylation is 2. The second-order valence-electron chi connectivity index (χ2n) is 3.80. The molecule has 0 atom stereocenters. The van der Waals surface area contributed by atoms with Gasteiger partial charge in [0.15, 0.2) is 5.03 Å². The molecule has 0 bridgehead atoms. The minimum absolute atomic E-state index is 0.0169. The molecule has 0 aliphatic heterocycles. The number of sulfonamides is 1. The average molecular weight is 251 g/mol. The molecule has 1 N–H and O–H groups in total. The fourth-order valence-electron chi connectivity index (χ4n) is 1.41. The molecule has 2 aromatic rings. The van der Waals surface area contributed by atoms with Crippen LogP contribution >= 0.6 is 0 Å². The molecule has 0 radical (unpaired) electrons. The summed E-state index contributed by atoms with van der Waals surface area (Å²) >= 11 is 0. The van der Waals surface area contributed by atoms with E-state index in [0.717, 1.165) is 5.56 Å². The van der Waals surface area contributed by atoms with Gasteiger partial charge in [-0.15, -0.1) is 0 Å². The molecule has 1 heterocycles. The third-order valence-electron chi connectivity index (χ3n) is 2.35. The van der Waals surface area contributed by atoms with Gasteiger partial charge in [0.05, 0.1) is 12.0 Å². The van der Waals surface area contributed by atoms with Crippen LogP contribution in [-0.4, -0.2) is 18.0 Å². The number of hydrogen-bond acceptors (Lipinski definition) is 3. The molecule has 1 aromatic heterocycles. The van der Waals surface area contributed by atoms with E-state index in [1.807, 2.05) is 19.1 Å². The summed E-state index contributed by atoms with van der Waals surface area (Å²) in [6, 6.07) is 7.20. The molecule has 1 aromatic carbocycles. The molecule has 0 unspecified atom stereocenters. The van der Waals surface area contributed by atoms with Crippen molar-refractivity contribution in [2.24, 2.45) is 7.05 Å². The molecular weight excluding hydrogens is 238 g/mol. The van der Waals surface area contributed by atoms with Gasteiger partial charge in [0.2, 0.25) is 0 Å². The summed E-state index contributed by atoms with van der Waals surface area (Å²) in [7, 11) is -1.87. The predicted molar refractivity (Wildman–Crippen MR) is 65.2 cm³/mol. The average Bonchev–Trinajstić information content (AvgIpc) is 2.69. The van der Waals surface area contributed by atoms with Gasteiger partial charge in [-0.25, -0.2) is 4.98 Å². The summed E-state index contributed by atoms with van der Waals surface area (Å²) in [6.45, 7) is 1.84. The summed E-state index contributed by atoms with van der Waals surface area (Å²) < 4.78 is 28.1. The highest BCUT2D eigenvalue weighted by atomic mass is 32.2. The van der Waals surface area contributed by atoms with Crippen molar-refractivity contribution in [1.82, 2.24) is 9.55 Å². The number of rotatable bonds is 3. The Bertz CT molecular complexity index is 632. The SMILES string of the molecule is Cc1ccccc1NS(=O)(=O)c1cn(C)cn1. The van der Waals surface area contributed by atoms with Crippen LogP contribution in [0.2, 0.25) is 0 Å². The van der Waals surface area contributed by atoms with Crippen LogP contribution in [0.4, 0.5) is 5.69 Å². The first-order valence-electron chi connectivity index (χ1n) is 5.05. The van der Waals surface area contributed by atoms with Crippen molar-refractivity contribution in [3.05, 3.63) is 42.4 Å². The first-order chi connectivity index (χ1) is 7.99. The zero-order chi connectivity index (χ0) is 12.5. The standard InChI is InChI=1S/C11H13N3O2S/c1-9-5-3-4-6-10(9)13-17(15,16)11-7-14(2)8-12-11/h3-8,13H,1-2H3. The smallest absolute Gasteiger partial charge is 0.280 e. The van der Waals surface area contributed by atoms with E-state index in [2.05, 4.69) is 9.71 Å². The maximum absolute atomic E-state index is 12.0. The summed E-state index contributed by atoms with van der Waals surface area (Å²) in [4.78, 5) is 3.83. The van der Waals surface area contributed by atoms with Gasteiger partial charge >= 0.3 is 0 Å². The molecule has 2 rings (SSSR count). The number of imidazole rings is 1. The van der Waals surface area contributed by atoms with E-state index in [1.54, 1.807) is 23.7 Å². The third kappa shape index (κ3) is 2.47. The Morgan fingerprint density at radius 2 is 2.00 bits per heavy atom. The summed E-state index contributed by atoms with van der Waals surface area (Å²) in [6.07, 6.45) is 2.91. The maximum atomic E-state index is 12.0. The Hall–Kier alpha value is -1.82. The lowest BCUT2D eigenvalue weighted by molar-refractivity contribution is 0.598. The molecule has 0 fully saturated rings. The van der Waals surface area contributed by atoms with Gasteiger partial charge in [0.25, 0.3) is 10.0 Å². The van der Waals surface area contributed by atoms with Crippen LogP contribution in [-0.2, 0) is 17.1 Å². The van der Waals surface area contributed by atoms with Gasteiger partial charge in [0, 0.05) is 13.2 Å². The van der Waals surface area contributed by atoms with Crippen molar-refractivity contribution in [1.29, 1.82) is 0 Å². The van der Waals surface area contributed by atoms with E-state index < -0.39 is 10.0 Å². The zero-order valence-corrected chi connectivity index (χ0v) is 10.4. The summed E-state index contributed by atoms with van der Waals surface area (Å²) in [5, 5.41) is 0.0169. The van der Waals surface area contributed by atoms with Crippen LogP contribution < -0.4 is 4.72 Å². The molecular formula is C11H13N3O2S. The topological polar surface area (TPSA) is 64.0 Å². The lowest BCUT2D eigenvalue weighted by atomic mass is 10.2. The second-order valence-corrected chi connectivity index (χ2v) is 5.43. The number of benzene rings is 1. The van der Waals surface area contributed by atoms with Crippen molar-refractivity contribution in [2.45, 2.75) is 11.9 Å². The van der Waals surface area contributed by atoms with Crippen LogP contribution in [0.3, 0.4) is 0 Å². The van der Waals surface area contributed by atoms with Gasteiger partial charge in [-0.2, -0.15) is 8.42 Å². The van der Waals surface area contributed by atoms with Gasteiger partial charge in [-0.3, -0.25) is 4.72 Å². The van der Waals surface area contributed by atoms with Crippen molar-refractivity contribution in [2.75, 3.05) is 4.72 Å². The fraction of sp³-hybridized carbons (Fsp3) is 0.182. The maximum Gasteiger partial charge on any atom is 0.280 e. The van der Waals surface area contributed by atoms with Crippen molar-refractivity contribution >= 4 is 15.7 Å². The minimum Gasteiger partial charge on any atom is -0.339 e. The normalized spacial score (nSPS) is 11.4. The summed E-state index contributed by atoms with van der Waals surface area (Å²) in [5.41, 5.74) is 1.44.